The number of benzene rings is 1. The number of Topliss-reactive ketones (excluding diaryl/α,β-unsaturated/α-hetero) is 1. The van der Waals surface area contributed by atoms with E-state index in [1.807, 2.05) is 0 Å². The Morgan fingerprint density at radius 1 is 0.971 bits per heavy atom. The summed E-state index contributed by atoms with van der Waals surface area (Å²) in [5.41, 5.74) is 0.311. The Labute approximate surface area is 202 Å². The van der Waals surface area contributed by atoms with Crippen molar-refractivity contribution in [3.8, 4) is 5.75 Å². The highest BCUT2D eigenvalue weighted by atomic mass is 19.4. The summed E-state index contributed by atoms with van der Waals surface area (Å²) in [7, 11) is 1.49. The molecule has 1 aliphatic rings. The minimum atomic E-state index is -5.10. The smallest absolute Gasteiger partial charge is 0.452 e. The maximum absolute atomic E-state index is 13.3. The quantitative estimate of drug-likeness (QED) is 0.544. The van der Waals surface area contributed by atoms with Crippen LogP contribution in [0.5, 0.6) is 5.75 Å². The first-order chi connectivity index (χ1) is 16.3. The van der Waals surface area contributed by atoms with E-state index in [1.54, 1.807) is 38.1 Å². The number of ether oxygens (including phenoxy) is 1. The number of ketones is 1. The third-order valence-electron chi connectivity index (χ3n) is 5.94. The lowest BCUT2D eigenvalue weighted by Crippen LogP contribution is -2.58. The van der Waals surface area contributed by atoms with Crippen LogP contribution in [0.1, 0.15) is 50.9 Å². The van der Waals surface area contributed by atoms with Crippen LogP contribution in [0, 0.1) is 11.8 Å². The first-order valence-corrected chi connectivity index (χ1v) is 11.4. The fourth-order valence-electron chi connectivity index (χ4n) is 3.92. The minimum absolute atomic E-state index is 0.206. The molecule has 1 aromatic rings. The molecule has 1 heterocycles. The van der Waals surface area contributed by atoms with Crippen LogP contribution in [0.2, 0.25) is 0 Å². The van der Waals surface area contributed by atoms with Crippen LogP contribution in [0.4, 0.5) is 13.2 Å². The molecule has 1 aliphatic heterocycles. The average molecular weight is 500 g/mol. The third-order valence-corrected chi connectivity index (χ3v) is 5.94. The van der Waals surface area contributed by atoms with Crippen LogP contribution in [0.3, 0.4) is 0 Å². The van der Waals surface area contributed by atoms with Crippen molar-refractivity contribution in [1.29, 1.82) is 0 Å². The number of amides is 3. The maximum atomic E-state index is 13.3. The van der Waals surface area contributed by atoms with E-state index >= 15 is 0 Å². The van der Waals surface area contributed by atoms with Crippen molar-refractivity contribution in [3.05, 3.63) is 29.8 Å². The molecular formula is C24H32F3N3O5. The highest BCUT2D eigenvalue weighted by Crippen LogP contribution is 2.24. The molecule has 0 spiro atoms. The number of carbonyl (C=O) groups is 4. The molecule has 1 fully saturated rings. The first-order valence-electron chi connectivity index (χ1n) is 11.4. The normalized spacial score (nSPS) is 17.8. The third kappa shape index (κ3) is 6.95. The van der Waals surface area contributed by atoms with Crippen LogP contribution < -0.4 is 15.4 Å². The number of hydrogen-bond donors (Lipinski definition) is 2. The standard InChI is InChI=1S/C24H32F3N3O5/c1-13(2)18(20(31)24(25,26)27)28-22(33)17-7-6-12-30(17)23(34)19(14(3)4)29-21(32)15-8-10-16(35-5)11-9-15/h8-11,13-14,17-19H,6-7,12H2,1-5H3,(H,28,33)(H,29,32)/t17?,18-,19?/m0/s1. The lowest BCUT2D eigenvalue weighted by Gasteiger charge is -2.32. The van der Waals surface area contributed by atoms with E-state index in [4.69, 9.17) is 4.74 Å². The molecule has 1 saturated heterocycles. The second-order valence-electron chi connectivity index (χ2n) is 9.21. The number of nitrogens with zero attached hydrogens (tertiary/aromatic N) is 1. The van der Waals surface area contributed by atoms with Crippen molar-refractivity contribution in [2.45, 2.75) is 64.8 Å². The Bertz CT molecular complexity index is 931. The molecule has 194 valence electrons. The van der Waals surface area contributed by atoms with Crippen molar-refractivity contribution in [2.75, 3.05) is 13.7 Å². The van der Waals surface area contributed by atoms with Gasteiger partial charge in [0.05, 0.1) is 13.2 Å². The van der Waals surface area contributed by atoms with Crippen LogP contribution in [-0.2, 0) is 14.4 Å². The average Bonchev–Trinajstić information content (AvgIpc) is 3.29. The molecule has 0 aromatic heterocycles. The Morgan fingerprint density at radius 2 is 1.54 bits per heavy atom. The van der Waals surface area contributed by atoms with Crippen LogP contribution in [0.25, 0.3) is 0 Å². The van der Waals surface area contributed by atoms with E-state index in [0.29, 0.717) is 17.7 Å². The monoisotopic (exact) mass is 499 g/mol. The minimum Gasteiger partial charge on any atom is -0.497 e. The van der Waals surface area contributed by atoms with E-state index in [1.165, 1.54) is 25.9 Å². The number of alkyl halides is 3. The Morgan fingerprint density at radius 3 is 2.03 bits per heavy atom. The van der Waals surface area contributed by atoms with Gasteiger partial charge in [-0.25, -0.2) is 0 Å². The topological polar surface area (TPSA) is 105 Å². The summed E-state index contributed by atoms with van der Waals surface area (Å²) in [6.07, 6.45) is -4.40. The van der Waals surface area contributed by atoms with Gasteiger partial charge in [0.1, 0.15) is 17.8 Å². The van der Waals surface area contributed by atoms with E-state index in [2.05, 4.69) is 10.6 Å². The summed E-state index contributed by atoms with van der Waals surface area (Å²) in [5, 5.41) is 4.89. The predicted octanol–water partition coefficient (Wildman–Crippen LogP) is 2.71. The summed E-state index contributed by atoms with van der Waals surface area (Å²) in [5.74, 6) is -4.43. The first kappa shape index (κ1) is 28.1. The molecule has 0 aliphatic carbocycles. The van der Waals surface area contributed by atoms with Gasteiger partial charge in [-0.3, -0.25) is 19.2 Å². The van der Waals surface area contributed by atoms with Gasteiger partial charge in [-0.15, -0.1) is 0 Å². The largest absolute Gasteiger partial charge is 0.497 e. The molecule has 2 unspecified atom stereocenters. The highest BCUT2D eigenvalue weighted by molar-refractivity contribution is 5.99. The van der Waals surface area contributed by atoms with Crippen molar-refractivity contribution in [1.82, 2.24) is 15.5 Å². The van der Waals surface area contributed by atoms with Crippen molar-refractivity contribution < 1.29 is 37.1 Å². The van der Waals surface area contributed by atoms with Crippen molar-refractivity contribution in [3.63, 3.8) is 0 Å². The maximum Gasteiger partial charge on any atom is 0.452 e. The molecular weight excluding hydrogens is 467 g/mol. The zero-order valence-electron chi connectivity index (χ0n) is 20.4. The van der Waals surface area contributed by atoms with E-state index < -0.39 is 53.7 Å². The molecule has 2 rings (SSSR count). The van der Waals surface area contributed by atoms with Gasteiger partial charge in [-0.2, -0.15) is 13.2 Å². The number of halogens is 3. The number of methoxy groups -OCH3 is 1. The van der Waals surface area contributed by atoms with E-state index in [0.717, 1.165) is 0 Å². The highest BCUT2D eigenvalue weighted by Gasteiger charge is 2.46. The van der Waals surface area contributed by atoms with Gasteiger partial charge >= 0.3 is 6.18 Å². The number of likely N-dealkylation sites (tertiary alicyclic amines) is 1. The fourth-order valence-corrected chi connectivity index (χ4v) is 3.92. The number of rotatable bonds is 9. The second kappa shape index (κ2) is 11.5. The molecule has 8 nitrogen and oxygen atoms in total. The Hall–Kier alpha value is -3.11. The number of nitrogens with one attached hydrogen (secondary N) is 2. The molecule has 11 heteroatoms. The molecule has 0 saturated carbocycles. The van der Waals surface area contributed by atoms with Crippen molar-refractivity contribution >= 4 is 23.5 Å². The Kier molecular flexibility index (Phi) is 9.28. The molecule has 0 radical (unpaired) electrons. The lowest BCUT2D eigenvalue weighted by molar-refractivity contribution is -0.175. The summed E-state index contributed by atoms with van der Waals surface area (Å²) >= 11 is 0. The zero-order valence-corrected chi connectivity index (χ0v) is 20.4. The van der Waals surface area contributed by atoms with Crippen LogP contribution in [-0.4, -0.2) is 66.4 Å². The van der Waals surface area contributed by atoms with Crippen molar-refractivity contribution in [2.24, 2.45) is 11.8 Å². The molecule has 35 heavy (non-hydrogen) atoms. The summed E-state index contributed by atoms with van der Waals surface area (Å²) in [6.45, 7) is 6.47. The molecule has 0 bridgehead atoms. The van der Waals surface area contributed by atoms with Gasteiger partial charge in [0, 0.05) is 12.1 Å². The molecule has 2 N–H and O–H groups in total. The molecule has 1 aromatic carbocycles. The SMILES string of the molecule is COc1ccc(C(=O)NC(C(=O)N2CCCC2C(=O)N[C@H](C(=O)C(F)(F)F)C(C)C)C(C)C)cc1. The van der Waals surface area contributed by atoms with Crippen LogP contribution in [0.15, 0.2) is 24.3 Å². The predicted molar refractivity (Wildman–Crippen MR) is 122 cm³/mol. The van der Waals surface area contributed by atoms with Gasteiger partial charge in [-0.1, -0.05) is 27.7 Å². The summed E-state index contributed by atoms with van der Waals surface area (Å²) < 4.78 is 44.0. The van der Waals surface area contributed by atoms with Gasteiger partial charge in [0.15, 0.2) is 0 Å². The fraction of sp³-hybridized carbons (Fsp3) is 0.583. The zero-order chi connectivity index (χ0) is 26.5. The summed E-state index contributed by atoms with van der Waals surface area (Å²) in [6, 6.07) is 2.55. The molecule has 3 amide bonds. The van der Waals surface area contributed by atoms with Gasteiger partial charge in [0.2, 0.25) is 11.8 Å². The van der Waals surface area contributed by atoms with Gasteiger partial charge < -0.3 is 20.3 Å². The van der Waals surface area contributed by atoms with Crippen LogP contribution >= 0.6 is 0 Å². The Balaban J connectivity index is 2.17. The number of carbonyl (C=O) groups excluding carboxylic acids is 4. The van der Waals surface area contributed by atoms with E-state index in [9.17, 15) is 32.3 Å². The number of hydrogen-bond acceptors (Lipinski definition) is 5. The van der Waals surface area contributed by atoms with E-state index in [-0.39, 0.29) is 18.9 Å². The van der Waals surface area contributed by atoms with Gasteiger partial charge in [0.25, 0.3) is 11.7 Å². The van der Waals surface area contributed by atoms with Gasteiger partial charge in [-0.05, 0) is 48.9 Å². The lowest BCUT2D eigenvalue weighted by atomic mass is 9.98. The molecule has 3 atom stereocenters. The summed E-state index contributed by atoms with van der Waals surface area (Å²) in [4.78, 5) is 52.0. The second-order valence-corrected chi connectivity index (χ2v) is 9.21.